The molecule has 4 atom stereocenters. The van der Waals surface area contributed by atoms with Gasteiger partial charge in [0.25, 0.3) is 0 Å². The molecule has 0 aromatic carbocycles. The number of aliphatic hydroxyl groups is 2. The van der Waals surface area contributed by atoms with Crippen molar-refractivity contribution in [2.24, 2.45) is 0 Å². The van der Waals surface area contributed by atoms with Crippen molar-refractivity contribution in [1.29, 1.82) is 0 Å². The average molecular weight is 394 g/mol. The van der Waals surface area contributed by atoms with Crippen LogP contribution in [0.15, 0.2) is 0 Å². The quantitative estimate of drug-likeness (QED) is 0.197. The number of ether oxygens (including phenoxy) is 2. The van der Waals surface area contributed by atoms with Crippen molar-refractivity contribution < 1.29 is 58.0 Å². The minimum Gasteiger partial charge on any atom is -0.447 e. The molecule has 0 amide bonds. The van der Waals surface area contributed by atoms with E-state index in [0.29, 0.717) is 0 Å². The first kappa shape index (κ1) is 23.2. The van der Waals surface area contributed by atoms with Gasteiger partial charge in [0.1, 0.15) is 12.2 Å². The van der Waals surface area contributed by atoms with Gasteiger partial charge in [0.05, 0.1) is 12.8 Å². The van der Waals surface area contributed by atoms with Gasteiger partial charge in [0, 0.05) is 0 Å². The number of carbonyl (C=O) groups excluding carboxylic acids is 2. The van der Waals surface area contributed by atoms with Gasteiger partial charge in [-0.3, -0.25) is 18.7 Å². The Balaban J connectivity index is 4.63. The minimum atomic E-state index is -4.94. The SMILES string of the molecule is CC(O)C(OC(=O)CCC(=O)OC(C(C)O)P(=O)(O)O)P(=O)(O)O. The van der Waals surface area contributed by atoms with E-state index in [4.69, 9.17) is 29.8 Å². The summed E-state index contributed by atoms with van der Waals surface area (Å²) in [6.07, 6.45) is -4.79. The first-order valence-corrected chi connectivity index (χ1v) is 9.88. The first-order chi connectivity index (χ1) is 10.7. The lowest BCUT2D eigenvalue weighted by Crippen LogP contribution is -2.30. The second-order valence-corrected chi connectivity index (χ2v) is 8.29. The standard InChI is InChI=1S/C10H20O12P2/c1-5(11)9(23(15,16)17)21-7(13)3-4-8(14)22-10(6(2)12)24(18,19)20/h5-6,9-12H,3-4H2,1-2H3,(H2,15,16,17)(H2,18,19,20). The Kier molecular flexibility index (Phi) is 8.71. The topological polar surface area (TPSA) is 208 Å². The van der Waals surface area contributed by atoms with Gasteiger partial charge in [-0.2, -0.15) is 0 Å². The summed E-state index contributed by atoms with van der Waals surface area (Å²) in [5, 5.41) is 18.3. The van der Waals surface area contributed by atoms with Crippen LogP contribution in [-0.2, 0) is 28.2 Å². The third kappa shape index (κ3) is 8.32. The molecule has 12 nitrogen and oxygen atoms in total. The van der Waals surface area contributed by atoms with Gasteiger partial charge in [0.2, 0.25) is 11.7 Å². The monoisotopic (exact) mass is 394 g/mol. The molecule has 0 aromatic heterocycles. The molecule has 0 heterocycles. The molecule has 142 valence electrons. The zero-order valence-electron chi connectivity index (χ0n) is 12.8. The molecule has 0 radical (unpaired) electrons. The third-order valence-corrected chi connectivity index (χ3v) is 4.93. The van der Waals surface area contributed by atoms with Gasteiger partial charge in [0.15, 0.2) is 0 Å². The maximum Gasteiger partial charge on any atom is 0.368 e. The highest BCUT2D eigenvalue weighted by Gasteiger charge is 2.38. The van der Waals surface area contributed by atoms with Crippen LogP contribution in [0.5, 0.6) is 0 Å². The predicted molar refractivity (Wildman–Crippen MR) is 76.4 cm³/mol. The Labute approximate surface area is 136 Å². The highest BCUT2D eigenvalue weighted by molar-refractivity contribution is 7.52. The van der Waals surface area contributed by atoms with E-state index >= 15 is 0 Å². The summed E-state index contributed by atoms with van der Waals surface area (Å²) >= 11 is 0. The Hall–Kier alpha value is -0.840. The second-order valence-electron chi connectivity index (χ2n) is 4.92. The summed E-state index contributed by atoms with van der Waals surface area (Å²) in [7, 11) is -9.87. The van der Waals surface area contributed by atoms with Crippen LogP contribution in [0.25, 0.3) is 0 Å². The van der Waals surface area contributed by atoms with Gasteiger partial charge in [-0.1, -0.05) is 0 Å². The van der Waals surface area contributed by atoms with Crippen molar-refractivity contribution in [1.82, 2.24) is 0 Å². The van der Waals surface area contributed by atoms with Crippen molar-refractivity contribution in [3.63, 3.8) is 0 Å². The van der Waals surface area contributed by atoms with Crippen LogP contribution in [-0.4, -0.2) is 65.6 Å². The van der Waals surface area contributed by atoms with Crippen LogP contribution in [0.3, 0.4) is 0 Å². The normalized spacial score (nSPS) is 17.5. The van der Waals surface area contributed by atoms with Gasteiger partial charge in [-0.05, 0) is 13.8 Å². The van der Waals surface area contributed by atoms with E-state index in [2.05, 4.69) is 9.47 Å². The molecular formula is C10H20O12P2. The molecule has 0 saturated heterocycles. The average Bonchev–Trinajstić information content (AvgIpc) is 2.36. The number of carbonyl (C=O) groups is 2. The number of esters is 2. The van der Waals surface area contributed by atoms with Crippen LogP contribution >= 0.6 is 15.2 Å². The Bertz CT molecular complexity index is 484. The van der Waals surface area contributed by atoms with Gasteiger partial charge >= 0.3 is 27.1 Å². The summed E-state index contributed by atoms with van der Waals surface area (Å²) in [6, 6.07) is 0. The number of hydrogen-bond donors (Lipinski definition) is 6. The number of aliphatic hydroxyl groups excluding tert-OH is 2. The smallest absolute Gasteiger partial charge is 0.368 e. The highest BCUT2D eigenvalue weighted by Crippen LogP contribution is 2.44. The van der Waals surface area contributed by atoms with Crippen molar-refractivity contribution in [2.75, 3.05) is 0 Å². The molecule has 0 rings (SSSR count). The van der Waals surface area contributed by atoms with E-state index < -0.39 is 63.9 Å². The zero-order valence-corrected chi connectivity index (χ0v) is 14.5. The van der Waals surface area contributed by atoms with E-state index in [1.165, 1.54) is 0 Å². The lowest BCUT2D eigenvalue weighted by molar-refractivity contribution is -0.156. The maximum absolute atomic E-state index is 11.4. The van der Waals surface area contributed by atoms with Gasteiger partial charge in [-0.15, -0.1) is 0 Å². The lowest BCUT2D eigenvalue weighted by Gasteiger charge is -2.22. The fourth-order valence-electron chi connectivity index (χ4n) is 1.49. The van der Waals surface area contributed by atoms with Crippen molar-refractivity contribution in [2.45, 2.75) is 50.6 Å². The molecule has 6 N–H and O–H groups in total. The summed E-state index contributed by atoms with van der Waals surface area (Å²) < 4.78 is 30.8. The van der Waals surface area contributed by atoms with E-state index in [-0.39, 0.29) is 0 Å². The molecule has 0 aliphatic rings. The largest absolute Gasteiger partial charge is 0.447 e. The molecule has 14 heteroatoms. The lowest BCUT2D eigenvalue weighted by atomic mass is 10.3. The summed E-state index contributed by atoms with van der Waals surface area (Å²) in [5.41, 5.74) is 0. The first-order valence-electron chi connectivity index (χ1n) is 6.51. The Morgan fingerprint density at radius 2 is 1.04 bits per heavy atom. The molecule has 0 aliphatic carbocycles. The van der Waals surface area contributed by atoms with Crippen LogP contribution in [0.2, 0.25) is 0 Å². The summed E-state index contributed by atoms with van der Waals surface area (Å²) in [4.78, 5) is 58.5. The molecule has 0 aromatic rings. The van der Waals surface area contributed by atoms with Gasteiger partial charge in [-0.25, -0.2) is 0 Å². The molecule has 0 fully saturated rings. The van der Waals surface area contributed by atoms with Crippen molar-refractivity contribution in [3.8, 4) is 0 Å². The molecule has 4 unspecified atom stereocenters. The summed E-state index contributed by atoms with van der Waals surface area (Å²) in [5.74, 6) is -6.71. The zero-order chi connectivity index (χ0) is 19.3. The van der Waals surface area contributed by atoms with Crippen LogP contribution in [0, 0.1) is 0 Å². The summed E-state index contributed by atoms with van der Waals surface area (Å²) in [6.45, 7) is 1.97. The van der Waals surface area contributed by atoms with E-state index in [0.717, 1.165) is 13.8 Å². The predicted octanol–water partition coefficient (Wildman–Crippen LogP) is -1.38. The van der Waals surface area contributed by atoms with E-state index in [1.54, 1.807) is 0 Å². The van der Waals surface area contributed by atoms with Crippen LogP contribution in [0.4, 0.5) is 0 Å². The third-order valence-electron chi connectivity index (χ3n) is 2.53. The molecule has 24 heavy (non-hydrogen) atoms. The Morgan fingerprint density at radius 1 is 0.792 bits per heavy atom. The van der Waals surface area contributed by atoms with Gasteiger partial charge < -0.3 is 39.3 Å². The molecule has 0 bridgehead atoms. The molecule has 0 spiro atoms. The van der Waals surface area contributed by atoms with Crippen molar-refractivity contribution >= 4 is 27.1 Å². The van der Waals surface area contributed by atoms with E-state index in [9.17, 15) is 18.7 Å². The highest BCUT2D eigenvalue weighted by atomic mass is 31.2. The van der Waals surface area contributed by atoms with Crippen LogP contribution in [0.1, 0.15) is 26.7 Å². The molecule has 0 saturated carbocycles. The minimum absolute atomic E-state index is 0.726. The Morgan fingerprint density at radius 3 is 1.21 bits per heavy atom. The fourth-order valence-corrected chi connectivity index (χ4v) is 3.12. The fraction of sp³-hybridized carbons (Fsp3) is 0.800. The maximum atomic E-state index is 11.4. The number of rotatable bonds is 9. The van der Waals surface area contributed by atoms with Crippen LogP contribution < -0.4 is 0 Å². The second kappa shape index (κ2) is 9.02. The molecular weight excluding hydrogens is 374 g/mol. The van der Waals surface area contributed by atoms with E-state index in [1.807, 2.05) is 0 Å². The number of hydrogen-bond acceptors (Lipinski definition) is 8. The molecule has 0 aliphatic heterocycles. The van der Waals surface area contributed by atoms with Crippen molar-refractivity contribution in [3.05, 3.63) is 0 Å².